The van der Waals surface area contributed by atoms with Crippen LogP contribution in [0.4, 0.5) is 0 Å². The summed E-state index contributed by atoms with van der Waals surface area (Å²) in [6, 6.07) is 4.15. The van der Waals surface area contributed by atoms with Crippen molar-refractivity contribution in [1.82, 2.24) is 4.83 Å². The van der Waals surface area contributed by atoms with E-state index in [1.165, 1.54) is 5.56 Å². The fourth-order valence-corrected chi connectivity index (χ4v) is 7.13. The van der Waals surface area contributed by atoms with Crippen molar-refractivity contribution >= 4 is 15.7 Å². The van der Waals surface area contributed by atoms with E-state index < -0.39 is 10.0 Å². The highest BCUT2D eigenvalue weighted by atomic mass is 32.2. The minimum atomic E-state index is -3.75. The van der Waals surface area contributed by atoms with Crippen LogP contribution in [0.5, 0.6) is 0 Å². The molecule has 1 aromatic rings. The Bertz CT molecular complexity index is 913. The molecule has 3 aliphatic carbocycles. The van der Waals surface area contributed by atoms with E-state index in [2.05, 4.69) is 84.4 Å². The van der Waals surface area contributed by atoms with E-state index >= 15 is 0 Å². The lowest BCUT2D eigenvalue weighted by molar-refractivity contribution is -0.0342. The molecule has 0 radical (unpaired) electrons. The highest BCUT2D eigenvalue weighted by molar-refractivity contribution is 7.89. The number of benzene rings is 1. The van der Waals surface area contributed by atoms with E-state index in [-0.39, 0.29) is 17.3 Å². The van der Waals surface area contributed by atoms with Gasteiger partial charge >= 0.3 is 0 Å². The normalized spacial score (nSPS) is 27.1. The standard InChI is InChI=1S/C25H40N2O2S/c1-14(2)18-11-19(15(3)4)24(20(12-18)16(5)6)30(28,29)27-26-23-10-17(7)21-13-22(23)25(21,8)9/h11-12,14-17,21-22,27H,10,13H2,1-9H3/b26-23-/t17-,21+,22+/m0/s1. The van der Waals surface area contributed by atoms with Crippen LogP contribution in [-0.4, -0.2) is 14.1 Å². The van der Waals surface area contributed by atoms with Gasteiger partial charge in [0.25, 0.3) is 10.0 Å². The zero-order valence-corrected chi connectivity index (χ0v) is 21.0. The van der Waals surface area contributed by atoms with Gasteiger partial charge in [0.1, 0.15) is 0 Å². The summed E-state index contributed by atoms with van der Waals surface area (Å²) in [5.41, 5.74) is 4.20. The Morgan fingerprint density at radius 1 is 1.00 bits per heavy atom. The fourth-order valence-electron chi connectivity index (χ4n) is 5.59. The molecule has 30 heavy (non-hydrogen) atoms. The molecule has 4 nitrogen and oxygen atoms in total. The smallest absolute Gasteiger partial charge is 0.200 e. The molecule has 0 spiro atoms. The zero-order valence-electron chi connectivity index (χ0n) is 20.2. The molecular weight excluding hydrogens is 392 g/mol. The summed E-state index contributed by atoms with van der Waals surface area (Å²) >= 11 is 0. The van der Waals surface area contributed by atoms with Crippen LogP contribution in [0, 0.1) is 23.2 Å². The molecule has 5 heteroatoms. The van der Waals surface area contributed by atoms with Gasteiger partial charge in [-0.1, -0.05) is 74.4 Å². The third kappa shape index (κ3) is 3.94. The molecule has 2 bridgehead atoms. The summed E-state index contributed by atoms with van der Waals surface area (Å²) in [4.78, 5) is 3.08. The number of hydrazone groups is 1. The lowest BCUT2D eigenvalue weighted by atomic mass is 9.45. The van der Waals surface area contributed by atoms with Gasteiger partial charge in [0.15, 0.2) is 0 Å². The van der Waals surface area contributed by atoms with Crippen molar-refractivity contribution in [1.29, 1.82) is 0 Å². The van der Waals surface area contributed by atoms with Gasteiger partial charge in [-0.15, -0.1) is 0 Å². The van der Waals surface area contributed by atoms with Crippen LogP contribution < -0.4 is 4.83 Å². The molecule has 0 aliphatic heterocycles. The van der Waals surface area contributed by atoms with Crippen molar-refractivity contribution in [3.05, 3.63) is 28.8 Å². The first kappa shape index (κ1) is 23.3. The van der Waals surface area contributed by atoms with E-state index in [1.807, 2.05) is 0 Å². The monoisotopic (exact) mass is 432 g/mol. The molecule has 168 valence electrons. The second-order valence-corrected chi connectivity index (χ2v) is 12.7. The Morgan fingerprint density at radius 2 is 1.53 bits per heavy atom. The Morgan fingerprint density at radius 3 is 1.93 bits per heavy atom. The maximum absolute atomic E-state index is 13.6. The van der Waals surface area contributed by atoms with E-state index in [1.54, 1.807) is 0 Å². The number of nitrogens with one attached hydrogen (secondary N) is 1. The van der Waals surface area contributed by atoms with Crippen LogP contribution in [0.25, 0.3) is 0 Å². The first-order valence-corrected chi connectivity index (χ1v) is 13.0. The molecule has 1 aromatic carbocycles. The summed E-state index contributed by atoms with van der Waals surface area (Å²) in [5.74, 6) is 2.24. The van der Waals surface area contributed by atoms with Crippen LogP contribution in [0.15, 0.2) is 22.1 Å². The van der Waals surface area contributed by atoms with Gasteiger partial charge in [-0.25, -0.2) is 4.83 Å². The van der Waals surface area contributed by atoms with Crippen molar-refractivity contribution in [3.63, 3.8) is 0 Å². The third-order valence-electron chi connectivity index (χ3n) is 7.62. The summed E-state index contributed by atoms with van der Waals surface area (Å²) in [7, 11) is -3.75. The summed E-state index contributed by atoms with van der Waals surface area (Å²) in [6.45, 7) is 19.4. The van der Waals surface area contributed by atoms with Crippen LogP contribution in [-0.2, 0) is 10.0 Å². The molecular formula is C25H40N2O2S. The Balaban J connectivity index is 2.04. The molecule has 0 amide bonds. The van der Waals surface area contributed by atoms with Gasteiger partial charge in [0, 0.05) is 11.6 Å². The minimum absolute atomic E-state index is 0.112. The Kier molecular flexibility index (Phi) is 6.18. The maximum Gasteiger partial charge on any atom is 0.277 e. The van der Waals surface area contributed by atoms with E-state index in [0.29, 0.717) is 22.6 Å². The van der Waals surface area contributed by atoms with Gasteiger partial charge in [0.05, 0.1) is 4.90 Å². The number of fused-ring (bicyclic) bond motifs is 2. The molecule has 3 saturated carbocycles. The average molecular weight is 433 g/mol. The zero-order chi connectivity index (χ0) is 22.6. The fraction of sp³-hybridized carbons (Fsp3) is 0.720. The molecule has 0 heterocycles. The number of nitrogens with zero attached hydrogens (tertiary/aromatic N) is 1. The molecule has 3 aliphatic rings. The summed E-state index contributed by atoms with van der Waals surface area (Å²) < 4.78 is 27.1. The molecule has 4 rings (SSSR count). The topological polar surface area (TPSA) is 58.5 Å². The predicted molar refractivity (Wildman–Crippen MR) is 126 cm³/mol. The van der Waals surface area contributed by atoms with Gasteiger partial charge in [-0.3, -0.25) is 0 Å². The van der Waals surface area contributed by atoms with E-state index in [0.717, 1.165) is 35.6 Å². The first-order chi connectivity index (χ1) is 13.8. The number of hydrogen-bond acceptors (Lipinski definition) is 3. The molecule has 3 fully saturated rings. The predicted octanol–water partition coefficient (Wildman–Crippen LogP) is 6.39. The first-order valence-electron chi connectivity index (χ1n) is 11.5. The van der Waals surface area contributed by atoms with Crippen LogP contribution in [0.2, 0.25) is 0 Å². The number of hydrogen-bond donors (Lipinski definition) is 1. The van der Waals surface area contributed by atoms with Gasteiger partial charge in [-0.2, -0.15) is 13.5 Å². The molecule has 0 unspecified atom stereocenters. The highest BCUT2D eigenvalue weighted by Crippen LogP contribution is 2.60. The maximum atomic E-state index is 13.6. The van der Waals surface area contributed by atoms with Gasteiger partial charge in [-0.05, 0) is 64.5 Å². The lowest BCUT2D eigenvalue weighted by Gasteiger charge is -2.59. The second kappa shape index (κ2) is 7.96. The minimum Gasteiger partial charge on any atom is -0.200 e. The molecule has 0 aromatic heterocycles. The Hall–Kier alpha value is -1.36. The van der Waals surface area contributed by atoms with E-state index in [4.69, 9.17) is 0 Å². The van der Waals surface area contributed by atoms with Crippen molar-refractivity contribution in [3.8, 4) is 0 Å². The van der Waals surface area contributed by atoms with Crippen LogP contribution >= 0.6 is 0 Å². The lowest BCUT2D eigenvalue weighted by Crippen LogP contribution is -2.56. The summed E-state index contributed by atoms with van der Waals surface area (Å²) in [6.07, 6.45) is 2.02. The molecule has 0 saturated heterocycles. The van der Waals surface area contributed by atoms with Crippen molar-refractivity contribution in [2.75, 3.05) is 0 Å². The van der Waals surface area contributed by atoms with Crippen molar-refractivity contribution in [2.24, 2.45) is 28.3 Å². The van der Waals surface area contributed by atoms with Crippen molar-refractivity contribution < 1.29 is 8.42 Å². The van der Waals surface area contributed by atoms with Gasteiger partial charge in [0.2, 0.25) is 0 Å². The Labute approximate surface area is 184 Å². The van der Waals surface area contributed by atoms with E-state index in [9.17, 15) is 8.42 Å². The third-order valence-corrected chi connectivity index (χ3v) is 8.96. The SMILES string of the molecule is CC(C)c1cc(C(C)C)c(S(=O)(=O)N/N=C2/C[C@H](C)[C@H]3C[C@H]2C3(C)C)c(C(C)C)c1. The number of sulfonamides is 1. The second-order valence-electron chi connectivity index (χ2n) is 11.1. The van der Waals surface area contributed by atoms with Crippen LogP contribution in [0.3, 0.4) is 0 Å². The van der Waals surface area contributed by atoms with Crippen molar-refractivity contribution in [2.45, 2.75) is 97.8 Å². The number of rotatable bonds is 6. The van der Waals surface area contributed by atoms with Crippen LogP contribution in [0.1, 0.15) is 110 Å². The molecule has 3 atom stereocenters. The summed E-state index contributed by atoms with van der Waals surface area (Å²) in [5, 5.41) is 4.53. The highest BCUT2D eigenvalue weighted by Gasteiger charge is 2.56. The molecule has 1 N–H and O–H groups in total. The largest absolute Gasteiger partial charge is 0.277 e. The quantitative estimate of drug-likeness (QED) is 0.529. The van der Waals surface area contributed by atoms with Gasteiger partial charge < -0.3 is 0 Å². The average Bonchev–Trinajstić information content (AvgIpc) is 2.64.